The topological polar surface area (TPSA) is 24.5 Å². The van der Waals surface area contributed by atoms with Crippen molar-refractivity contribution >= 4 is 0 Å². The van der Waals surface area contributed by atoms with Crippen LogP contribution in [0.1, 0.15) is 163 Å². The lowest BCUT2D eigenvalue weighted by molar-refractivity contribution is -0.0160. The van der Waals surface area contributed by atoms with Gasteiger partial charge in [-0.2, -0.15) is 0 Å². The van der Waals surface area contributed by atoms with Crippen LogP contribution in [0.25, 0.3) is 0 Å². The highest BCUT2D eigenvalue weighted by atomic mass is 16.5. The summed E-state index contributed by atoms with van der Waals surface area (Å²) in [6.45, 7) is 14.1. The summed E-state index contributed by atoms with van der Waals surface area (Å²) in [6, 6.07) is 0. The van der Waals surface area contributed by atoms with Gasteiger partial charge in [-0.05, 0) is 51.1 Å². The zero-order valence-corrected chi connectivity index (χ0v) is 24.2. The molecule has 1 N–H and O–H groups in total. The number of ether oxygens (including phenoxy) is 1. The maximum atomic E-state index is 6.94. The van der Waals surface area contributed by atoms with E-state index in [4.69, 9.17) is 4.74 Å². The van der Waals surface area contributed by atoms with E-state index in [0.29, 0.717) is 18.2 Å². The third kappa shape index (κ3) is 13.8. The predicted molar refractivity (Wildman–Crippen MR) is 151 cm³/mol. The molecule has 3 unspecified atom stereocenters. The first-order valence-corrected chi connectivity index (χ1v) is 15.9. The standard InChI is InChI=1S/C31H64N2O/c1-6-11-16-19-23-28(24-20-17-12-7-2)31-32-30(29(34-31)25-21-18-13-8-3)33(26-15-10-5)27-22-14-9-4/h28-32H,6-27H2,1-5H3. The fourth-order valence-corrected chi connectivity index (χ4v) is 5.59. The Bertz CT molecular complexity index is 418. The van der Waals surface area contributed by atoms with Gasteiger partial charge in [0, 0.05) is 0 Å². The highest BCUT2D eigenvalue weighted by Crippen LogP contribution is 2.31. The predicted octanol–water partition coefficient (Wildman–Crippen LogP) is 9.45. The lowest BCUT2D eigenvalue weighted by Gasteiger charge is -2.32. The van der Waals surface area contributed by atoms with Crippen LogP contribution in [0.15, 0.2) is 0 Å². The Morgan fingerprint density at radius 2 is 1.09 bits per heavy atom. The maximum Gasteiger partial charge on any atom is 0.112 e. The largest absolute Gasteiger partial charge is 0.357 e. The number of nitrogens with zero attached hydrogens (tertiary/aromatic N) is 1. The number of nitrogens with one attached hydrogen (secondary N) is 1. The summed E-state index contributed by atoms with van der Waals surface area (Å²) in [7, 11) is 0. The van der Waals surface area contributed by atoms with E-state index in [1.54, 1.807) is 0 Å². The van der Waals surface area contributed by atoms with Crippen LogP contribution >= 0.6 is 0 Å². The fourth-order valence-electron chi connectivity index (χ4n) is 5.59. The first kappa shape index (κ1) is 31.9. The summed E-state index contributed by atoms with van der Waals surface area (Å²) in [5.41, 5.74) is 0. The van der Waals surface area contributed by atoms with E-state index < -0.39 is 0 Å². The van der Waals surface area contributed by atoms with E-state index in [9.17, 15) is 0 Å². The smallest absolute Gasteiger partial charge is 0.112 e. The van der Waals surface area contributed by atoms with Crippen molar-refractivity contribution in [3.63, 3.8) is 0 Å². The van der Waals surface area contributed by atoms with E-state index in [1.165, 1.54) is 142 Å². The van der Waals surface area contributed by atoms with Gasteiger partial charge in [-0.1, -0.05) is 131 Å². The second-order valence-corrected chi connectivity index (χ2v) is 11.1. The fraction of sp³-hybridized carbons (Fsp3) is 1.00. The zero-order chi connectivity index (χ0) is 24.9. The Kier molecular flexibility index (Phi) is 20.7. The molecule has 3 nitrogen and oxygen atoms in total. The van der Waals surface area contributed by atoms with E-state index >= 15 is 0 Å². The zero-order valence-electron chi connectivity index (χ0n) is 24.2. The van der Waals surface area contributed by atoms with Crippen molar-refractivity contribution in [3.05, 3.63) is 0 Å². The lowest BCUT2D eigenvalue weighted by atomic mass is 9.93. The average molecular weight is 481 g/mol. The minimum atomic E-state index is 0.264. The molecule has 0 aromatic heterocycles. The molecule has 0 amide bonds. The molecule has 1 heterocycles. The minimum absolute atomic E-state index is 0.264. The summed E-state index contributed by atoms with van der Waals surface area (Å²) in [6.07, 6.45) is 27.8. The molecule has 1 fully saturated rings. The number of rotatable bonds is 24. The summed E-state index contributed by atoms with van der Waals surface area (Å²) in [5.74, 6) is 0.681. The van der Waals surface area contributed by atoms with Crippen LogP contribution in [0, 0.1) is 5.92 Å². The second kappa shape index (κ2) is 22.1. The molecule has 0 saturated carbocycles. The molecular weight excluding hydrogens is 416 g/mol. The Morgan fingerprint density at radius 1 is 0.588 bits per heavy atom. The molecule has 0 aliphatic carbocycles. The Balaban J connectivity index is 2.87. The molecule has 1 saturated heterocycles. The van der Waals surface area contributed by atoms with Crippen LogP contribution in [0.2, 0.25) is 0 Å². The quantitative estimate of drug-likeness (QED) is 0.139. The summed E-state index contributed by atoms with van der Waals surface area (Å²) in [4.78, 5) is 2.77. The van der Waals surface area contributed by atoms with E-state index in [2.05, 4.69) is 44.8 Å². The van der Waals surface area contributed by atoms with Crippen LogP contribution in [0.5, 0.6) is 0 Å². The Hall–Kier alpha value is -0.120. The van der Waals surface area contributed by atoms with Crippen LogP contribution in [-0.4, -0.2) is 36.5 Å². The van der Waals surface area contributed by atoms with Crippen molar-refractivity contribution < 1.29 is 4.74 Å². The van der Waals surface area contributed by atoms with Crippen LogP contribution < -0.4 is 5.32 Å². The molecule has 3 heteroatoms. The van der Waals surface area contributed by atoms with Crippen molar-refractivity contribution in [1.82, 2.24) is 10.2 Å². The number of unbranched alkanes of at least 4 members (excludes halogenated alkanes) is 12. The highest BCUT2D eigenvalue weighted by molar-refractivity contribution is 4.89. The molecule has 0 spiro atoms. The van der Waals surface area contributed by atoms with E-state index in [1.807, 2.05) is 0 Å². The third-order valence-electron chi connectivity index (χ3n) is 7.88. The van der Waals surface area contributed by atoms with Gasteiger partial charge in [0.25, 0.3) is 0 Å². The summed E-state index contributed by atoms with van der Waals surface area (Å²) >= 11 is 0. The van der Waals surface area contributed by atoms with Gasteiger partial charge in [0.05, 0.1) is 12.3 Å². The van der Waals surface area contributed by atoms with Gasteiger partial charge >= 0.3 is 0 Å². The molecule has 1 rings (SSSR count). The third-order valence-corrected chi connectivity index (χ3v) is 7.88. The molecule has 1 aliphatic heterocycles. The van der Waals surface area contributed by atoms with Gasteiger partial charge in [0.15, 0.2) is 0 Å². The molecule has 0 aromatic rings. The molecule has 0 aromatic carbocycles. The van der Waals surface area contributed by atoms with Crippen molar-refractivity contribution in [2.24, 2.45) is 5.92 Å². The molecule has 34 heavy (non-hydrogen) atoms. The van der Waals surface area contributed by atoms with E-state index in [0.717, 1.165) is 0 Å². The van der Waals surface area contributed by atoms with Gasteiger partial charge in [0.2, 0.25) is 0 Å². The summed E-state index contributed by atoms with van der Waals surface area (Å²) in [5, 5.41) is 4.10. The molecule has 0 bridgehead atoms. The van der Waals surface area contributed by atoms with E-state index in [-0.39, 0.29) is 6.23 Å². The van der Waals surface area contributed by atoms with Crippen LogP contribution in [0.4, 0.5) is 0 Å². The minimum Gasteiger partial charge on any atom is -0.357 e. The monoisotopic (exact) mass is 481 g/mol. The highest BCUT2D eigenvalue weighted by Gasteiger charge is 2.40. The summed E-state index contributed by atoms with van der Waals surface area (Å²) < 4.78 is 6.94. The SMILES string of the molecule is CCCCCCC(CCCCCC)C1NC(N(CCCC)CCCCC)C(CCCCCC)O1. The van der Waals surface area contributed by atoms with Gasteiger partial charge in [0.1, 0.15) is 6.23 Å². The van der Waals surface area contributed by atoms with Gasteiger partial charge in [-0.15, -0.1) is 0 Å². The van der Waals surface area contributed by atoms with Crippen molar-refractivity contribution in [2.75, 3.05) is 13.1 Å². The average Bonchev–Trinajstić information content (AvgIpc) is 3.26. The lowest BCUT2D eigenvalue weighted by Crippen LogP contribution is -2.50. The Labute approximate surface area is 215 Å². The van der Waals surface area contributed by atoms with Gasteiger partial charge < -0.3 is 4.74 Å². The Morgan fingerprint density at radius 3 is 1.65 bits per heavy atom. The van der Waals surface area contributed by atoms with Crippen LogP contribution in [0.3, 0.4) is 0 Å². The number of hydrogen-bond donors (Lipinski definition) is 1. The van der Waals surface area contributed by atoms with Crippen LogP contribution in [-0.2, 0) is 4.74 Å². The molecule has 204 valence electrons. The first-order chi connectivity index (χ1) is 16.7. The van der Waals surface area contributed by atoms with Gasteiger partial charge in [-0.3, -0.25) is 10.2 Å². The number of hydrogen-bond acceptors (Lipinski definition) is 3. The normalized spacial score (nSPS) is 20.7. The van der Waals surface area contributed by atoms with Crippen molar-refractivity contribution in [1.29, 1.82) is 0 Å². The van der Waals surface area contributed by atoms with Crippen molar-refractivity contribution in [3.8, 4) is 0 Å². The molecule has 0 radical (unpaired) electrons. The van der Waals surface area contributed by atoms with Gasteiger partial charge in [-0.25, -0.2) is 0 Å². The second-order valence-electron chi connectivity index (χ2n) is 11.1. The van der Waals surface area contributed by atoms with Crippen molar-refractivity contribution in [2.45, 2.75) is 182 Å². The first-order valence-electron chi connectivity index (χ1n) is 15.9. The molecule has 1 aliphatic rings. The molecule has 3 atom stereocenters. The molecular formula is C31H64N2O. The maximum absolute atomic E-state index is 6.94.